The highest BCUT2D eigenvalue weighted by Crippen LogP contribution is 2.30. The smallest absolute Gasteiger partial charge is 0.335 e. The number of ether oxygens (including phenoxy) is 1. The molecular formula is C28H19BrN2O5. The number of imide groups is 2. The summed E-state index contributed by atoms with van der Waals surface area (Å²) >= 11 is 3.50. The molecule has 1 heterocycles. The number of urea groups is 1. The lowest BCUT2D eigenvalue weighted by atomic mass is 10.1. The Morgan fingerprint density at radius 2 is 1.67 bits per heavy atom. The second-order valence-electron chi connectivity index (χ2n) is 8.09. The van der Waals surface area contributed by atoms with E-state index in [1.54, 1.807) is 18.2 Å². The number of benzene rings is 4. The largest absolute Gasteiger partial charge is 0.508 e. The predicted octanol–water partition coefficient (Wildman–Crippen LogP) is 5.55. The van der Waals surface area contributed by atoms with Gasteiger partial charge in [-0.3, -0.25) is 14.9 Å². The minimum Gasteiger partial charge on any atom is -0.508 e. The molecule has 0 spiro atoms. The maximum atomic E-state index is 13.0. The van der Waals surface area contributed by atoms with Gasteiger partial charge in [0.05, 0.1) is 10.2 Å². The number of nitrogens with zero attached hydrogens (tertiary/aromatic N) is 1. The van der Waals surface area contributed by atoms with E-state index in [0.717, 1.165) is 21.2 Å². The molecule has 178 valence electrons. The van der Waals surface area contributed by atoms with Crippen molar-refractivity contribution >= 4 is 56.3 Å². The van der Waals surface area contributed by atoms with E-state index >= 15 is 0 Å². The van der Waals surface area contributed by atoms with Gasteiger partial charge in [0.25, 0.3) is 11.8 Å². The molecule has 0 saturated carbocycles. The zero-order valence-electron chi connectivity index (χ0n) is 18.8. The highest BCUT2D eigenvalue weighted by Gasteiger charge is 2.36. The molecule has 36 heavy (non-hydrogen) atoms. The van der Waals surface area contributed by atoms with E-state index in [-0.39, 0.29) is 17.0 Å². The molecule has 8 heteroatoms. The number of fused-ring (bicyclic) bond motifs is 1. The number of nitrogens with one attached hydrogen (secondary N) is 1. The predicted molar refractivity (Wildman–Crippen MR) is 140 cm³/mol. The first-order chi connectivity index (χ1) is 17.4. The van der Waals surface area contributed by atoms with Crippen molar-refractivity contribution in [2.75, 3.05) is 4.90 Å². The molecule has 0 bridgehead atoms. The summed E-state index contributed by atoms with van der Waals surface area (Å²) in [7, 11) is 0. The standard InChI is InChI=1S/C28H19BrN2O5/c29-24-15-17(8-13-25(24)36-16-19-6-3-5-18-4-1-2-7-22(18)19)14-23-26(33)30-28(35)31(27(23)34)20-9-11-21(32)12-10-20/h1-15,32H,16H2,(H,30,33,35)/b23-14+. The Morgan fingerprint density at radius 3 is 2.44 bits per heavy atom. The third-order valence-corrected chi connectivity index (χ3v) is 6.36. The number of amides is 4. The van der Waals surface area contributed by atoms with E-state index in [9.17, 15) is 19.5 Å². The molecular weight excluding hydrogens is 524 g/mol. The average Bonchev–Trinajstić information content (AvgIpc) is 2.87. The first-order valence-corrected chi connectivity index (χ1v) is 11.8. The number of anilines is 1. The average molecular weight is 543 g/mol. The van der Waals surface area contributed by atoms with Crippen LogP contribution in [0.25, 0.3) is 16.8 Å². The Balaban J connectivity index is 1.37. The van der Waals surface area contributed by atoms with Gasteiger partial charge in [0.1, 0.15) is 23.7 Å². The molecule has 0 radical (unpaired) electrons. The Hall–Kier alpha value is -4.43. The molecule has 4 aromatic rings. The van der Waals surface area contributed by atoms with Gasteiger partial charge < -0.3 is 9.84 Å². The van der Waals surface area contributed by atoms with Crippen molar-refractivity contribution in [1.82, 2.24) is 5.32 Å². The van der Waals surface area contributed by atoms with E-state index in [1.165, 1.54) is 30.3 Å². The van der Waals surface area contributed by atoms with E-state index in [1.807, 2.05) is 24.3 Å². The number of phenols is 1. The Morgan fingerprint density at radius 1 is 0.917 bits per heavy atom. The van der Waals surface area contributed by atoms with Gasteiger partial charge >= 0.3 is 6.03 Å². The Bertz CT molecular complexity index is 1540. The molecule has 1 saturated heterocycles. The molecule has 2 N–H and O–H groups in total. The summed E-state index contributed by atoms with van der Waals surface area (Å²) in [6.07, 6.45) is 1.41. The fourth-order valence-electron chi connectivity index (χ4n) is 3.96. The summed E-state index contributed by atoms with van der Waals surface area (Å²) < 4.78 is 6.68. The highest BCUT2D eigenvalue weighted by molar-refractivity contribution is 9.10. The van der Waals surface area contributed by atoms with Crippen LogP contribution >= 0.6 is 15.9 Å². The van der Waals surface area contributed by atoms with E-state index in [2.05, 4.69) is 39.4 Å². The van der Waals surface area contributed by atoms with Crippen molar-refractivity contribution in [1.29, 1.82) is 0 Å². The third-order valence-electron chi connectivity index (χ3n) is 5.74. The van der Waals surface area contributed by atoms with Gasteiger partial charge in [-0.05, 0) is 80.3 Å². The maximum Gasteiger partial charge on any atom is 0.335 e. The fourth-order valence-corrected chi connectivity index (χ4v) is 4.47. The molecule has 4 amide bonds. The van der Waals surface area contributed by atoms with E-state index < -0.39 is 17.8 Å². The van der Waals surface area contributed by atoms with Gasteiger partial charge in [-0.15, -0.1) is 0 Å². The van der Waals surface area contributed by atoms with Gasteiger partial charge in [-0.2, -0.15) is 0 Å². The molecule has 0 aromatic heterocycles. The number of halogens is 1. The summed E-state index contributed by atoms with van der Waals surface area (Å²) in [5.41, 5.74) is 1.65. The van der Waals surface area contributed by atoms with Crippen molar-refractivity contribution in [3.63, 3.8) is 0 Å². The topological polar surface area (TPSA) is 95.9 Å². The van der Waals surface area contributed by atoms with Crippen LogP contribution in [0.3, 0.4) is 0 Å². The molecule has 7 nitrogen and oxygen atoms in total. The third kappa shape index (κ3) is 4.58. The highest BCUT2D eigenvalue weighted by atomic mass is 79.9. The quantitative estimate of drug-likeness (QED) is 0.254. The number of aromatic hydroxyl groups is 1. The minimum atomic E-state index is -0.855. The van der Waals surface area contributed by atoms with Crippen LogP contribution in [0.15, 0.2) is 95.0 Å². The number of phenolic OH excluding ortho intramolecular Hbond substituents is 1. The molecule has 0 aliphatic carbocycles. The number of carbonyl (C=O) groups is 3. The fraction of sp³-hybridized carbons (Fsp3) is 0.0357. The van der Waals surface area contributed by atoms with Crippen LogP contribution in [0, 0.1) is 0 Å². The van der Waals surface area contributed by atoms with Gasteiger partial charge in [0, 0.05) is 0 Å². The van der Waals surface area contributed by atoms with Gasteiger partial charge in [0.2, 0.25) is 0 Å². The number of rotatable bonds is 5. The normalized spacial score (nSPS) is 14.9. The SMILES string of the molecule is O=C1NC(=O)N(c2ccc(O)cc2)C(=O)/C1=C/c1ccc(OCc2cccc3ccccc23)c(Br)c1. The summed E-state index contributed by atoms with van der Waals surface area (Å²) in [6.45, 7) is 0.366. The monoisotopic (exact) mass is 542 g/mol. The number of hydrogen-bond acceptors (Lipinski definition) is 5. The summed E-state index contributed by atoms with van der Waals surface area (Å²) in [6, 6.07) is 24.0. The van der Waals surface area contributed by atoms with Crippen molar-refractivity contribution in [2.24, 2.45) is 0 Å². The van der Waals surface area contributed by atoms with Crippen LogP contribution in [0.4, 0.5) is 10.5 Å². The lowest BCUT2D eigenvalue weighted by Gasteiger charge is -2.26. The van der Waals surface area contributed by atoms with Crippen molar-refractivity contribution < 1.29 is 24.2 Å². The van der Waals surface area contributed by atoms with Crippen LogP contribution < -0.4 is 15.0 Å². The molecule has 1 fully saturated rings. The maximum absolute atomic E-state index is 13.0. The minimum absolute atomic E-state index is 0.0110. The zero-order valence-corrected chi connectivity index (χ0v) is 20.4. The van der Waals surface area contributed by atoms with Crippen LogP contribution in [-0.4, -0.2) is 23.0 Å². The lowest BCUT2D eigenvalue weighted by molar-refractivity contribution is -0.122. The molecule has 0 atom stereocenters. The van der Waals surface area contributed by atoms with Gasteiger partial charge in [-0.25, -0.2) is 9.69 Å². The number of barbiturate groups is 1. The number of hydrogen-bond donors (Lipinski definition) is 2. The van der Waals surface area contributed by atoms with Crippen LogP contribution in [-0.2, 0) is 16.2 Å². The van der Waals surface area contributed by atoms with Crippen LogP contribution in [0.1, 0.15) is 11.1 Å². The summed E-state index contributed by atoms with van der Waals surface area (Å²) in [4.78, 5) is 38.7. The van der Waals surface area contributed by atoms with Crippen LogP contribution in [0.2, 0.25) is 0 Å². The molecule has 4 aromatic carbocycles. The molecule has 1 aliphatic rings. The lowest BCUT2D eigenvalue weighted by Crippen LogP contribution is -2.54. The second-order valence-corrected chi connectivity index (χ2v) is 8.95. The van der Waals surface area contributed by atoms with Crippen molar-refractivity contribution in [3.8, 4) is 11.5 Å². The Labute approximate surface area is 214 Å². The molecule has 0 unspecified atom stereocenters. The van der Waals surface area contributed by atoms with E-state index in [4.69, 9.17) is 4.74 Å². The first kappa shape index (κ1) is 23.3. The van der Waals surface area contributed by atoms with Crippen LogP contribution in [0.5, 0.6) is 11.5 Å². The zero-order chi connectivity index (χ0) is 25.2. The molecule has 1 aliphatic heterocycles. The summed E-state index contributed by atoms with van der Waals surface area (Å²) in [5, 5.41) is 13.9. The van der Waals surface area contributed by atoms with Gasteiger partial charge in [-0.1, -0.05) is 48.5 Å². The number of carbonyl (C=O) groups excluding carboxylic acids is 3. The Kier molecular flexibility index (Phi) is 6.26. The molecule has 5 rings (SSSR count). The van der Waals surface area contributed by atoms with Gasteiger partial charge in [0.15, 0.2) is 0 Å². The first-order valence-electron chi connectivity index (χ1n) is 11.0. The van der Waals surface area contributed by atoms with Crippen molar-refractivity contribution in [2.45, 2.75) is 6.61 Å². The van der Waals surface area contributed by atoms with Crippen molar-refractivity contribution in [3.05, 3.63) is 106 Å². The van der Waals surface area contributed by atoms with E-state index in [0.29, 0.717) is 22.4 Å². The summed E-state index contributed by atoms with van der Waals surface area (Å²) in [5.74, 6) is -0.956. The second kappa shape index (κ2) is 9.67.